The van der Waals surface area contributed by atoms with E-state index >= 15 is 0 Å². The van der Waals surface area contributed by atoms with Crippen molar-refractivity contribution in [1.82, 2.24) is 4.90 Å². The minimum Gasteiger partial charge on any atom is -0.328 e. The summed E-state index contributed by atoms with van der Waals surface area (Å²) < 4.78 is 0.129. The molecule has 0 bridgehead atoms. The summed E-state index contributed by atoms with van der Waals surface area (Å²) in [6, 6.07) is 0.378. The van der Waals surface area contributed by atoms with E-state index in [9.17, 15) is 4.79 Å². The van der Waals surface area contributed by atoms with Crippen molar-refractivity contribution in [2.75, 3.05) is 12.3 Å². The fourth-order valence-corrected chi connectivity index (χ4v) is 3.00. The first kappa shape index (κ1) is 15.4. The highest BCUT2D eigenvalue weighted by Crippen LogP contribution is 2.26. The summed E-state index contributed by atoms with van der Waals surface area (Å²) in [5, 5.41) is 0. The Morgan fingerprint density at radius 2 is 1.94 bits per heavy atom. The topological polar surface area (TPSA) is 20.3 Å². The number of hydrogen-bond acceptors (Lipinski definition) is 2. The zero-order valence-corrected chi connectivity index (χ0v) is 12.7. The molecule has 1 saturated carbocycles. The largest absolute Gasteiger partial charge is 0.328 e. The molecular weight excluding hydrogens is 242 g/mol. The van der Waals surface area contributed by atoms with Crippen LogP contribution in [0, 0.1) is 12.3 Å². The molecule has 0 aromatic heterocycles. The first-order valence-corrected chi connectivity index (χ1v) is 7.79. The van der Waals surface area contributed by atoms with Crippen LogP contribution in [0.1, 0.15) is 52.9 Å². The molecule has 1 aliphatic rings. The standard InChI is InChI=1S/C15H25NOS/c1-5-11-16(13-9-7-6-8-10-13)14(17)12-18-15(2,3)4/h1,13H,6-12H2,2-4H3. The van der Waals surface area contributed by atoms with E-state index in [-0.39, 0.29) is 10.7 Å². The molecule has 102 valence electrons. The van der Waals surface area contributed by atoms with Crippen molar-refractivity contribution in [1.29, 1.82) is 0 Å². The van der Waals surface area contributed by atoms with Gasteiger partial charge in [-0.15, -0.1) is 18.2 Å². The van der Waals surface area contributed by atoms with Gasteiger partial charge in [-0.1, -0.05) is 46.0 Å². The minimum absolute atomic E-state index is 0.129. The molecular formula is C15H25NOS. The average Bonchev–Trinajstić information content (AvgIpc) is 2.33. The Morgan fingerprint density at radius 3 is 2.44 bits per heavy atom. The number of terminal acetylenes is 1. The monoisotopic (exact) mass is 267 g/mol. The molecule has 1 rings (SSSR count). The summed E-state index contributed by atoms with van der Waals surface area (Å²) >= 11 is 1.70. The maximum atomic E-state index is 12.3. The van der Waals surface area contributed by atoms with Crippen LogP contribution in [-0.4, -0.2) is 33.9 Å². The highest BCUT2D eigenvalue weighted by atomic mass is 32.2. The first-order valence-electron chi connectivity index (χ1n) is 6.81. The summed E-state index contributed by atoms with van der Waals surface area (Å²) in [6.07, 6.45) is 11.4. The van der Waals surface area contributed by atoms with E-state index in [1.54, 1.807) is 11.8 Å². The molecule has 0 N–H and O–H groups in total. The second-order valence-electron chi connectivity index (χ2n) is 5.92. The van der Waals surface area contributed by atoms with Gasteiger partial charge in [-0.05, 0) is 12.8 Å². The van der Waals surface area contributed by atoms with Crippen molar-refractivity contribution < 1.29 is 4.79 Å². The van der Waals surface area contributed by atoms with Crippen molar-refractivity contribution in [3.05, 3.63) is 0 Å². The molecule has 1 amide bonds. The molecule has 0 aromatic rings. The van der Waals surface area contributed by atoms with E-state index < -0.39 is 0 Å². The smallest absolute Gasteiger partial charge is 0.233 e. The van der Waals surface area contributed by atoms with Gasteiger partial charge in [0.1, 0.15) is 0 Å². The number of rotatable bonds is 4. The van der Waals surface area contributed by atoms with Crippen molar-refractivity contribution in [2.24, 2.45) is 0 Å². The normalized spacial score (nSPS) is 17.2. The van der Waals surface area contributed by atoms with Crippen molar-refractivity contribution in [3.63, 3.8) is 0 Å². The van der Waals surface area contributed by atoms with Gasteiger partial charge < -0.3 is 4.90 Å². The van der Waals surface area contributed by atoms with Gasteiger partial charge in [0.05, 0.1) is 12.3 Å². The van der Waals surface area contributed by atoms with Crippen LogP contribution < -0.4 is 0 Å². The van der Waals surface area contributed by atoms with Crippen molar-refractivity contribution >= 4 is 17.7 Å². The Morgan fingerprint density at radius 1 is 1.33 bits per heavy atom. The first-order chi connectivity index (χ1) is 8.44. The third-order valence-corrected chi connectivity index (χ3v) is 4.48. The fraction of sp³-hybridized carbons (Fsp3) is 0.800. The Balaban J connectivity index is 2.54. The molecule has 0 unspecified atom stereocenters. The van der Waals surface area contributed by atoms with Gasteiger partial charge in [0.15, 0.2) is 0 Å². The maximum Gasteiger partial charge on any atom is 0.233 e. The summed E-state index contributed by atoms with van der Waals surface area (Å²) in [7, 11) is 0. The number of hydrogen-bond donors (Lipinski definition) is 0. The Labute approximate surface area is 116 Å². The van der Waals surface area contributed by atoms with E-state index in [1.165, 1.54) is 19.3 Å². The van der Waals surface area contributed by atoms with Gasteiger partial charge in [-0.2, -0.15) is 0 Å². The van der Waals surface area contributed by atoms with Crippen LogP contribution in [0.4, 0.5) is 0 Å². The Hall–Kier alpha value is -0.620. The zero-order chi connectivity index (χ0) is 13.6. The fourth-order valence-electron chi connectivity index (χ4n) is 2.27. The van der Waals surface area contributed by atoms with E-state index in [4.69, 9.17) is 6.42 Å². The zero-order valence-electron chi connectivity index (χ0n) is 11.9. The average molecular weight is 267 g/mol. The van der Waals surface area contributed by atoms with Crippen molar-refractivity contribution in [3.8, 4) is 12.3 Å². The van der Waals surface area contributed by atoms with Gasteiger partial charge in [0.2, 0.25) is 5.91 Å². The molecule has 3 heteroatoms. The van der Waals surface area contributed by atoms with Crippen LogP contribution >= 0.6 is 11.8 Å². The molecule has 18 heavy (non-hydrogen) atoms. The van der Waals surface area contributed by atoms with Gasteiger partial charge in [-0.3, -0.25) is 4.79 Å². The van der Waals surface area contributed by atoms with Crippen molar-refractivity contribution in [2.45, 2.75) is 63.7 Å². The lowest BCUT2D eigenvalue weighted by atomic mass is 9.94. The molecule has 0 aliphatic heterocycles. The lowest BCUT2D eigenvalue weighted by Gasteiger charge is -2.33. The molecule has 0 saturated heterocycles. The van der Waals surface area contributed by atoms with Gasteiger partial charge in [0, 0.05) is 10.8 Å². The van der Waals surface area contributed by atoms with Crippen LogP contribution in [0.25, 0.3) is 0 Å². The molecule has 0 atom stereocenters. The van der Waals surface area contributed by atoms with E-state index in [0.29, 0.717) is 18.3 Å². The quantitative estimate of drug-likeness (QED) is 0.728. The highest BCUT2D eigenvalue weighted by Gasteiger charge is 2.25. The Kier molecular flexibility index (Phi) is 6.08. The molecule has 0 spiro atoms. The predicted molar refractivity (Wildman–Crippen MR) is 79.6 cm³/mol. The summed E-state index contributed by atoms with van der Waals surface area (Å²) in [4.78, 5) is 14.2. The van der Waals surface area contributed by atoms with E-state index in [0.717, 1.165) is 12.8 Å². The minimum atomic E-state index is 0.129. The van der Waals surface area contributed by atoms with E-state index in [2.05, 4.69) is 26.7 Å². The molecule has 0 radical (unpaired) electrons. The second-order valence-corrected chi connectivity index (χ2v) is 7.72. The van der Waals surface area contributed by atoms with Crippen LogP contribution in [0.2, 0.25) is 0 Å². The van der Waals surface area contributed by atoms with E-state index in [1.807, 2.05) is 4.90 Å². The third-order valence-electron chi connectivity index (χ3n) is 3.23. The van der Waals surface area contributed by atoms with Crippen LogP contribution in [0.3, 0.4) is 0 Å². The number of amides is 1. The molecule has 0 aromatic carbocycles. The van der Waals surface area contributed by atoms with Crippen LogP contribution in [0.15, 0.2) is 0 Å². The second kappa shape index (κ2) is 7.09. The lowest BCUT2D eigenvalue weighted by Crippen LogP contribution is -2.43. The molecule has 2 nitrogen and oxygen atoms in total. The predicted octanol–water partition coefficient (Wildman–Crippen LogP) is 3.31. The lowest BCUT2D eigenvalue weighted by molar-refractivity contribution is -0.130. The summed E-state index contributed by atoms with van der Waals surface area (Å²) in [5.41, 5.74) is 0. The van der Waals surface area contributed by atoms with Gasteiger partial charge in [0.25, 0.3) is 0 Å². The third kappa shape index (κ3) is 5.35. The molecule has 1 aliphatic carbocycles. The maximum absolute atomic E-state index is 12.3. The summed E-state index contributed by atoms with van der Waals surface area (Å²) in [6.45, 7) is 6.87. The highest BCUT2D eigenvalue weighted by molar-refractivity contribution is 8.01. The molecule has 1 fully saturated rings. The SMILES string of the molecule is C#CCN(C(=O)CSC(C)(C)C)C1CCCCC1. The summed E-state index contributed by atoms with van der Waals surface area (Å²) in [5.74, 6) is 3.39. The Bertz CT molecular complexity index is 307. The van der Waals surface area contributed by atoms with Crippen LogP contribution in [0.5, 0.6) is 0 Å². The van der Waals surface area contributed by atoms with Gasteiger partial charge in [-0.25, -0.2) is 0 Å². The number of carbonyl (C=O) groups excluding carboxylic acids is 1. The van der Waals surface area contributed by atoms with Gasteiger partial charge >= 0.3 is 0 Å². The van der Waals surface area contributed by atoms with Crippen LogP contribution in [-0.2, 0) is 4.79 Å². The number of nitrogens with zero attached hydrogens (tertiary/aromatic N) is 1. The number of thioether (sulfide) groups is 1. The molecule has 0 heterocycles. The number of carbonyl (C=O) groups is 1.